The van der Waals surface area contributed by atoms with E-state index in [4.69, 9.17) is 0 Å². The number of hydrogen-bond donors (Lipinski definition) is 1. The van der Waals surface area contributed by atoms with Gasteiger partial charge in [-0.3, -0.25) is 0 Å². The van der Waals surface area contributed by atoms with E-state index in [1.807, 2.05) is 6.07 Å². The van der Waals surface area contributed by atoms with Gasteiger partial charge in [0.15, 0.2) is 0 Å². The van der Waals surface area contributed by atoms with Gasteiger partial charge in [-0.15, -0.1) is 0 Å². The molecule has 0 aliphatic heterocycles. The minimum Gasteiger partial charge on any atom is -0.313 e. The molecule has 3 heteroatoms. The van der Waals surface area contributed by atoms with Gasteiger partial charge < -0.3 is 5.32 Å². The molecule has 1 aromatic rings. The summed E-state index contributed by atoms with van der Waals surface area (Å²) in [7, 11) is 0. The Hall–Kier alpha value is -0.960. The molecule has 0 aliphatic carbocycles. The summed E-state index contributed by atoms with van der Waals surface area (Å²) in [5.74, 6) is 0. The second-order valence-electron chi connectivity index (χ2n) is 3.22. The monoisotopic (exact) mass is 199 g/mol. The molecule has 78 valence electrons. The summed E-state index contributed by atoms with van der Waals surface area (Å²) >= 11 is 0. The molecule has 1 aromatic carbocycles. The fraction of sp³-hybridized carbons (Fsp3) is 0.455. The van der Waals surface area contributed by atoms with Gasteiger partial charge in [0, 0.05) is 12.1 Å². The van der Waals surface area contributed by atoms with Crippen molar-refractivity contribution in [3.8, 4) is 0 Å². The Morgan fingerprint density at radius 2 is 2.14 bits per heavy atom. The van der Waals surface area contributed by atoms with Crippen LogP contribution in [-0.4, -0.2) is 6.54 Å². The van der Waals surface area contributed by atoms with Crippen molar-refractivity contribution >= 4 is 0 Å². The van der Waals surface area contributed by atoms with Crippen LogP contribution in [0.2, 0.25) is 0 Å². The average Bonchev–Trinajstić information content (AvgIpc) is 2.19. The molecule has 14 heavy (non-hydrogen) atoms. The van der Waals surface area contributed by atoms with Gasteiger partial charge in [0.25, 0.3) is 6.43 Å². The highest BCUT2D eigenvalue weighted by molar-refractivity contribution is 5.24. The van der Waals surface area contributed by atoms with Crippen molar-refractivity contribution in [1.29, 1.82) is 0 Å². The van der Waals surface area contributed by atoms with Crippen LogP contribution < -0.4 is 5.32 Å². The van der Waals surface area contributed by atoms with Crippen molar-refractivity contribution in [2.75, 3.05) is 6.54 Å². The first-order valence-corrected chi connectivity index (χ1v) is 4.81. The Morgan fingerprint density at radius 1 is 1.36 bits per heavy atom. The van der Waals surface area contributed by atoms with Crippen LogP contribution in [0.1, 0.15) is 30.9 Å². The summed E-state index contributed by atoms with van der Waals surface area (Å²) in [4.78, 5) is 0. The lowest BCUT2D eigenvalue weighted by Gasteiger charge is -2.05. The molecule has 0 fully saturated rings. The van der Waals surface area contributed by atoms with Gasteiger partial charge in [0.1, 0.15) is 0 Å². The molecule has 0 radical (unpaired) electrons. The minimum atomic E-state index is -2.37. The van der Waals surface area contributed by atoms with Crippen LogP contribution >= 0.6 is 0 Å². The molecule has 0 spiro atoms. The van der Waals surface area contributed by atoms with Crippen LogP contribution in [0.15, 0.2) is 24.3 Å². The maximum atomic E-state index is 12.3. The molecule has 1 rings (SSSR count). The molecule has 0 bridgehead atoms. The van der Waals surface area contributed by atoms with E-state index in [2.05, 4.69) is 12.2 Å². The summed E-state index contributed by atoms with van der Waals surface area (Å²) < 4.78 is 24.6. The zero-order chi connectivity index (χ0) is 10.4. The number of alkyl halides is 2. The quantitative estimate of drug-likeness (QED) is 0.718. The van der Waals surface area contributed by atoms with E-state index in [0.29, 0.717) is 6.54 Å². The number of hydrogen-bond acceptors (Lipinski definition) is 1. The Labute approximate surface area is 83.1 Å². The summed E-state index contributed by atoms with van der Waals surface area (Å²) in [6.45, 7) is 3.65. The number of halogens is 2. The molecule has 0 atom stereocenters. The van der Waals surface area contributed by atoms with Crippen molar-refractivity contribution in [3.63, 3.8) is 0 Å². The van der Waals surface area contributed by atoms with Crippen molar-refractivity contribution in [1.82, 2.24) is 5.32 Å². The molecular weight excluding hydrogens is 184 g/mol. The van der Waals surface area contributed by atoms with Gasteiger partial charge in [0.05, 0.1) is 0 Å². The lowest BCUT2D eigenvalue weighted by atomic mass is 10.1. The van der Waals surface area contributed by atoms with Crippen LogP contribution in [0.25, 0.3) is 0 Å². The highest BCUT2D eigenvalue weighted by atomic mass is 19.3. The lowest BCUT2D eigenvalue weighted by Crippen LogP contribution is -2.13. The van der Waals surface area contributed by atoms with Gasteiger partial charge in [-0.25, -0.2) is 8.78 Å². The first kappa shape index (κ1) is 11.1. The summed E-state index contributed by atoms with van der Waals surface area (Å²) in [5, 5.41) is 3.17. The number of nitrogens with one attached hydrogen (secondary N) is 1. The third-order valence-electron chi connectivity index (χ3n) is 1.96. The van der Waals surface area contributed by atoms with Gasteiger partial charge in [-0.1, -0.05) is 25.1 Å². The van der Waals surface area contributed by atoms with E-state index < -0.39 is 6.43 Å². The van der Waals surface area contributed by atoms with E-state index in [-0.39, 0.29) is 5.56 Å². The minimum absolute atomic E-state index is 0.0980. The van der Waals surface area contributed by atoms with E-state index in [1.165, 1.54) is 6.07 Å². The first-order chi connectivity index (χ1) is 6.74. The van der Waals surface area contributed by atoms with Crippen LogP contribution in [0.5, 0.6) is 0 Å². The van der Waals surface area contributed by atoms with E-state index >= 15 is 0 Å². The predicted molar refractivity (Wildman–Crippen MR) is 53.4 cm³/mol. The molecule has 0 aromatic heterocycles. The highest BCUT2D eigenvalue weighted by Gasteiger charge is 2.06. The van der Waals surface area contributed by atoms with Gasteiger partial charge in [0.2, 0.25) is 0 Å². The van der Waals surface area contributed by atoms with Crippen LogP contribution in [0, 0.1) is 0 Å². The summed E-state index contributed by atoms with van der Waals surface area (Å²) in [5.41, 5.74) is 1.01. The average molecular weight is 199 g/mol. The number of benzene rings is 1. The van der Waals surface area contributed by atoms with Crippen molar-refractivity contribution in [3.05, 3.63) is 35.4 Å². The SMILES string of the molecule is CCCNCc1cccc(C(F)F)c1. The van der Waals surface area contributed by atoms with E-state index in [9.17, 15) is 8.78 Å². The zero-order valence-corrected chi connectivity index (χ0v) is 8.26. The molecule has 0 unspecified atom stereocenters. The molecule has 0 aliphatic rings. The second kappa shape index (κ2) is 5.70. The van der Waals surface area contributed by atoms with E-state index in [1.54, 1.807) is 12.1 Å². The highest BCUT2D eigenvalue weighted by Crippen LogP contribution is 2.19. The normalized spacial score (nSPS) is 10.9. The van der Waals surface area contributed by atoms with Crippen LogP contribution in [-0.2, 0) is 6.54 Å². The van der Waals surface area contributed by atoms with Gasteiger partial charge in [-0.05, 0) is 24.6 Å². The zero-order valence-electron chi connectivity index (χ0n) is 8.26. The van der Waals surface area contributed by atoms with E-state index in [0.717, 1.165) is 18.5 Å². The Morgan fingerprint density at radius 3 is 2.79 bits per heavy atom. The molecule has 0 saturated carbocycles. The second-order valence-corrected chi connectivity index (χ2v) is 3.22. The largest absolute Gasteiger partial charge is 0.313 e. The van der Waals surface area contributed by atoms with Crippen molar-refractivity contribution in [2.24, 2.45) is 0 Å². The first-order valence-electron chi connectivity index (χ1n) is 4.81. The maximum absolute atomic E-state index is 12.3. The topological polar surface area (TPSA) is 12.0 Å². The molecule has 0 amide bonds. The predicted octanol–water partition coefficient (Wildman–Crippen LogP) is 3.12. The Bertz CT molecular complexity index is 274. The third kappa shape index (κ3) is 3.42. The standard InChI is InChI=1S/C11H15F2N/c1-2-6-14-8-9-4-3-5-10(7-9)11(12)13/h3-5,7,11,14H,2,6,8H2,1H3. The number of rotatable bonds is 5. The van der Waals surface area contributed by atoms with Crippen molar-refractivity contribution < 1.29 is 8.78 Å². The lowest BCUT2D eigenvalue weighted by molar-refractivity contribution is 0.151. The third-order valence-corrected chi connectivity index (χ3v) is 1.96. The fourth-order valence-corrected chi connectivity index (χ4v) is 1.25. The summed E-state index contributed by atoms with van der Waals surface area (Å²) in [6.07, 6.45) is -1.32. The summed E-state index contributed by atoms with van der Waals surface area (Å²) in [6, 6.07) is 6.53. The fourth-order valence-electron chi connectivity index (χ4n) is 1.25. The smallest absolute Gasteiger partial charge is 0.263 e. The van der Waals surface area contributed by atoms with Crippen LogP contribution in [0.3, 0.4) is 0 Å². The molecule has 1 N–H and O–H groups in total. The van der Waals surface area contributed by atoms with Gasteiger partial charge in [-0.2, -0.15) is 0 Å². The molecule has 0 heterocycles. The Balaban J connectivity index is 2.55. The van der Waals surface area contributed by atoms with Crippen molar-refractivity contribution in [2.45, 2.75) is 26.3 Å². The molecular formula is C11H15F2N. The van der Waals surface area contributed by atoms with Crippen LogP contribution in [0.4, 0.5) is 8.78 Å². The van der Waals surface area contributed by atoms with Gasteiger partial charge >= 0.3 is 0 Å². The maximum Gasteiger partial charge on any atom is 0.263 e. The Kier molecular flexibility index (Phi) is 4.53. The molecule has 0 saturated heterocycles. The molecule has 1 nitrogen and oxygen atoms in total.